The lowest BCUT2D eigenvalue weighted by Gasteiger charge is -1.98. The summed E-state index contributed by atoms with van der Waals surface area (Å²) in [5.74, 6) is 3.53. The molecule has 0 aliphatic rings. The van der Waals surface area contributed by atoms with E-state index in [1.54, 1.807) is 18.2 Å². The molecule has 0 radical (unpaired) electrons. The van der Waals surface area contributed by atoms with Gasteiger partial charge in [0.15, 0.2) is 0 Å². The zero-order valence-corrected chi connectivity index (χ0v) is 9.40. The fourth-order valence-electron chi connectivity index (χ4n) is 1.23. The van der Waals surface area contributed by atoms with Crippen molar-refractivity contribution in [2.75, 3.05) is 7.11 Å². The fraction of sp³-hybridized carbons (Fsp3) is 0.231. The van der Waals surface area contributed by atoms with Gasteiger partial charge in [0, 0.05) is 17.9 Å². The molecule has 0 atom stereocenters. The van der Waals surface area contributed by atoms with E-state index in [9.17, 15) is 9.59 Å². The summed E-state index contributed by atoms with van der Waals surface area (Å²) in [4.78, 5) is 21.2. The fourth-order valence-corrected chi connectivity index (χ4v) is 1.23. The van der Waals surface area contributed by atoms with Gasteiger partial charge in [0.2, 0.25) is 0 Å². The van der Waals surface area contributed by atoms with Crippen LogP contribution in [0.15, 0.2) is 24.3 Å². The molecule has 1 aromatic carbocycles. The van der Waals surface area contributed by atoms with E-state index in [4.69, 9.17) is 5.11 Å². The quantitative estimate of drug-likeness (QED) is 0.628. The molecule has 0 saturated carbocycles. The van der Waals surface area contributed by atoms with Gasteiger partial charge in [-0.3, -0.25) is 4.79 Å². The highest BCUT2D eigenvalue weighted by molar-refractivity contribution is 5.89. The molecular weight excluding hydrogens is 220 g/mol. The van der Waals surface area contributed by atoms with E-state index < -0.39 is 11.9 Å². The minimum absolute atomic E-state index is 0.0773. The van der Waals surface area contributed by atoms with E-state index in [1.807, 2.05) is 6.07 Å². The number of aliphatic carboxylic acids is 1. The van der Waals surface area contributed by atoms with E-state index in [0.717, 1.165) is 5.56 Å². The van der Waals surface area contributed by atoms with Crippen molar-refractivity contribution in [3.05, 3.63) is 35.4 Å². The summed E-state index contributed by atoms with van der Waals surface area (Å²) in [5.41, 5.74) is 1.54. The van der Waals surface area contributed by atoms with Gasteiger partial charge in [-0.25, -0.2) is 4.79 Å². The van der Waals surface area contributed by atoms with Gasteiger partial charge in [-0.1, -0.05) is 18.1 Å². The number of hydrogen-bond acceptors (Lipinski definition) is 3. The number of benzene rings is 1. The summed E-state index contributed by atoms with van der Waals surface area (Å²) in [5, 5.41) is 8.56. The van der Waals surface area contributed by atoms with Gasteiger partial charge in [-0.05, 0) is 24.1 Å². The minimum Gasteiger partial charge on any atom is -0.481 e. The molecule has 4 heteroatoms. The van der Waals surface area contributed by atoms with E-state index in [1.165, 1.54) is 7.11 Å². The van der Waals surface area contributed by atoms with Crippen LogP contribution in [0.1, 0.15) is 17.5 Å². The lowest BCUT2D eigenvalue weighted by molar-refractivity contribution is -0.137. The number of carbonyl (C=O) groups is 2. The molecular formula is C13H12O4. The van der Waals surface area contributed by atoms with Gasteiger partial charge in [0.25, 0.3) is 0 Å². The molecule has 1 rings (SSSR count). The molecule has 0 unspecified atom stereocenters. The number of hydrogen-bond donors (Lipinski definition) is 1. The predicted molar refractivity (Wildman–Crippen MR) is 61.3 cm³/mol. The number of rotatable bonds is 3. The third-order valence-electron chi connectivity index (χ3n) is 2.05. The smallest absolute Gasteiger partial charge is 0.384 e. The maximum absolute atomic E-state index is 10.8. The number of methoxy groups -OCH3 is 1. The van der Waals surface area contributed by atoms with Gasteiger partial charge < -0.3 is 9.84 Å². The first kappa shape index (κ1) is 12.8. The summed E-state index contributed by atoms with van der Waals surface area (Å²) < 4.78 is 4.39. The second-order valence-corrected chi connectivity index (χ2v) is 3.34. The van der Waals surface area contributed by atoms with Crippen molar-refractivity contribution >= 4 is 11.9 Å². The van der Waals surface area contributed by atoms with Gasteiger partial charge in [0.1, 0.15) is 0 Å². The zero-order valence-electron chi connectivity index (χ0n) is 9.40. The van der Waals surface area contributed by atoms with Gasteiger partial charge in [-0.2, -0.15) is 0 Å². The number of aryl methyl sites for hydroxylation is 1. The van der Waals surface area contributed by atoms with Crippen molar-refractivity contribution in [3.63, 3.8) is 0 Å². The van der Waals surface area contributed by atoms with Crippen molar-refractivity contribution in [2.24, 2.45) is 0 Å². The summed E-state index contributed by atoms with van der Waals surface area (Å²) in [7, 11) is 1.26. The first-order chi connectivity index (χ1) is 8.11. The van der Waals surface area contributed by atoms with E-state index in [0.29, 0.717) is 12.0 Å². The standard InChI is InChI=1S/C13H12O4/c1-17-13(16)8-6-11-4-2-3-10(9-11)5-7-12(14)15/h2-4,9H,5,7H2,1H3,(H,14,15). The Morgan fingerprint density at radius 1 is 1.41 bits per heavy atom. The second-order valence-electron chi connectivity index (χ2n) is 3.34. The van der Waals surface area contributed by atoms with Crippen LogP contribution in [0.3, 0.4) is 0 Å². The Morgan fingerprint density at radius 2 is 2.18 bits per heavy atom. The minimum atomic E-state index is -0.837. The third kappa shape index (κ3) is 4.85. The zero-order chi connectivity index (χ0) is 12.7. The lowest BCUT2D eigenvalue weighted by atomic mass is 10.1. The maximum atomic E-state index is 10.8. The molecule has 0 bridgehead atoms. The molecule has 0 amide bonds. The van der Waals surface area contributed by atoms with Crippen molar-refractivity contribution in [3.8, 4) is 11.8 Å². The Morgan fingerprint density at radius 3 is 2.82 bits per heavy atom. The first-order valence-corrected chi connectivity index (χ1v) is 5.02. The Hall–Kier alpha value is -2.28. The number of carboxylic acids is 1. The average molecular weight is 232 g/mol. The van der Waals surface area contributed by atoms with Crippen LogP contribution in [-0.4, -0.2) is 24.2 Å². The molecule has 0 aromatic heterocycles. The SMILES string of the molecule is COC(=O)C#Cc1cccc(CCC(=O)O)c1. The van der Waals surface area contributed by atoms with Gasteiger partial charge >= 0.3 is 11.9 Å². The Kier molecular flexibility index (Phi) is 4.77. The molecule has 0 aliphatic carbocycles. The van der Waals surface area contributed by atoms with E-state index in [-0.39, 0.29) is 6.42 Å². The highest BCUT2D eigenvalue weighted by Gasteiger charge is 1.99. The monoisotopic (exact) mass is 232 g/mol. The highest BCUT2D eigenvalue weighted by Crippen LogP contribution is 2.06. The van der Waals surface area contributed by atoms with Crippen LogP contribution in [0, 0.1) is 11.8 Å². The molecule has 1 N–H and O–H groups in total. The molecule has 1 aromatic rings. The van der Waals surface area contributed by atoms with Crippen LogP contribution in [-0.2, 0) is 20.7 Å². The van der Waals surface area contributed by atoms with E-state index in [2.05, 4.69) is 16.6 Å². The second kappa shape index (κ2) is 6.33. The van der Waals surface area contributed by atoms with Gasteiger partial charge in [0.05, 0.1) is 7.11 Å². The van der Waals surface area contributed by atoms with Crippen molar-refractivity contribution in [2.45, 2.75) is 12.8 Å². The number of carboxylic acid groups (broad SMARTS) is 1. The Bertz CT molecular complexity index is 480. The van der Waals surface area contributed by atoms with Crippen molar-refractivity contribution in [1.29, 1.82) is 0 Å². The molecule has 0 aliphatic heterocycles. The molecule has 0 heterocycles. The highest BCUT2D eigenvalue weighted by atomic mass is 16.5. The largest absolute Gasteiger partial charge is 0.481 e. The molecule has 88 valence electrons. The van der Waals surface area contributed by atoms with Crippen LogP contribution in [0.25, 0.3) is 0 Å². The molecule has 0 fully saturated rings. The topological polar surface area (TPSA) is 63.6 Å². The summed E-state index contributed by atoms with van der Waals surface area (Å²) in [6, 6.07) is 7.11. The number of esters is 1. The number of ether oxygens (including phenoxy) is 1. The van der Waals surface area contributed by atoms with Crippen molar-refractivity contribution in [1.82, 2.24) is 0 Å². The summed E-state index contributed by atoms with van der Waals surface area (Å²) in [6.07, 6.45) is 0.525. The summed E-state index contributed by atoms with van der Waals surface area (Å²) >= 11 is 0. The van der Waals surface area contributed by atoms with E-state index >= 15 is 0 Å². The lowest BCUT2D eigenvalue weighted by Crippen LogP contribution is -1.97. The summed E-state index contributed by atoms with van der Waals surface area (Å²) in [6.45, 7) is 0. The maximum Gasteiger partial charge on any atom is 0.384 e. The van der Waals surface area contributed by atoms with Crippen LogP contribution in [0.5, 0.6) is 0 Å². The Balaban J connectivity index is 2.74. The number of carbonyl (C=O) groups excluding carboxylic acids is 1. The van der Waals surface area contributed by atoms with Crippen LogP contribution in [0.4, 0.5) is 0 Å². The van der Waals surface area contributed by atoms with Gasteiger partial charge in [-0.15, -0.1) is 0 Å². The van der Waals surface area contributed by atoms with Crippen LogP contribution < -0.4 is 0 Å². The first-order valence-electron chi connectivity index (χ1n) is 5.02. The normalized spacial score (nSPS) is 9.00. The third-order valence-corrected chi connectivity index (χ3v) is 2.05. The Labute approximate surface area is 99.2 Å². The molecule has 4 nitrogen and oxygen atoms in total. The van der Waals surface area contributed by atoms with Crippen LogP contribution in [0.2, 0.25) is 0 Å². The van der Waals surface area contributed by atoms with Crippen molar-refractivity contribution < 1.29 is 19.4 Å². The molecule has 0 saturated heterocycles. The average Bonchev–Trinajstić information content (AvgIpc) is 2.34. The molecule has 0 spiro atoms. The predicted octanol–water partition coefficient (Wildman–Crippen LogP) is 1.23. The van der Waals surface area contributed by atoms with Crippen LogP contribution >= 0.6 is 0 Å². The molecule has 17 heavy (non-hydrogen) atoms.